The predicted octanol–water partition coefficient (Wildman–Crippen LogP) is 5.87. The molecule has 0 aromatic heterocycles. The fourth-order valence-electron chi connectivity index (χ4n) is 6.63. The van der Waals surface area contributed by atoms with E-state index >= 15 is 0 Å². The van der Waals surface area contributed by atoms with Crippen LogP contribution in [-0.2, 0) is 19.0 Å². The van der Waals surface area contributed by atoms with Gasteiger partial charge in [0, 0.05) is 25.4 Å². The third kappa shape index (κ3) is 8.11. The van der Waals surface area contributed by atoms with Gasteiger partial charge in [-0.15, -0.1) is 0 Å². The van der Waals surface area contributed by atoms with Crippen LogP contribution >= 0.6 is 0 Å². The lowest BCUT2D eigenvalue weighted by atomic mass is 9.74. The maximum atomic E-state index is 11.4. The van der Waals surface area contributed by atoms with Gasteiger partial charge in [-0.05, 0) is 62.9 Å². The number of hydrogen-bond acceptors (Lipinski definition) is 6. The van der Waals surface area contributed by atoms with Crippen LogP contribution in [0.1, 0.15) is 81.1 Å². The number of hydrogen-bond donors (Lipinski definition) is 2. The van der Waals surface area contributed by atoms with E-state index in [1.807, 2.05) is 19.9 Å². The van der Waals surface area contributed by atoms with Gasteiger partial charge in [0.15, 0.2) is 5.79 Å². The highest BCUT2D eigenvalue weighted by Crippen LogP contribution is 2.47. The predicted molar refractivity (Wildman–Crippen MR) is 153 cm³/mol. The second-order valence-corrected chi connectivity index (χ2v) is 12.3. The number of methoxy groups -OCH3 is 1. The maximum Gasteiger partial charge on any atom is 0.197 e. The summed E-state index contributed by atoms with van der Waals surface area (Å²) in [5.74, 6) is -0.480. The third-order valence-electron chi connectivity index (χ3n) is 9.05. The number of ether oxygens (including phenoxy) is 3. The van der Waals surface area contributed by atoms with Gasteiger partial charge in [-0.1, -0.05) is 71.4 Å². The third-order valence-corrected chi connectivity index (χ3v) is 9.05. The molecule has 0 aromatic carbocycles. The van der Waals surface area contributed by atoms with Gasteiger partial charge in [0.2, 0.25) is 0 Å². The van der Waals surface area contributed by atoms with Crippen molar-refractivity contribution in [2.24, 2.45) is 35.5 Å². The molecule has 0 aromatic rings. The van der Waals surface area contributed by atoms with Crippen molar-refractivity contribution < 1.29 is 29.2 Å². The lowest BCUT2D eigenvalue weighted by molar-refractivity contribution is -0.389. The lowest BCUT2D eigenvalue weighted by Gasteiger charge is -2.56. The van der Waals surface area contributed by atoms with Crippen LogP contribution in [0.4, 0.5) is 0 Å². The Morgan fingerprint density at radius 2 is 1.76 bits per heavy atom. The molecular formula is C32H54O6. The fraction of sp³-hybridized carbons (Fsp3) is 0.781. The first kappa shape index (κ1) is 32.9. The molecule has 0 saturated carbocycles. The molecule has 0 aliphatic carbocycles. The first-order valence-corrected chi connectivity index (χ1v) is 14.6. The summed E-state index contributed by atoms with van der Waals surface area (Å²) >= 11 is 0. The summed E-state index contributed by atoms with van der Waals surface area (Å²) in [5, 5.41) is 22.7. The number of aldehydes is 1. The molecule has 218 valence electrons. The molecule has 1 spiro atoms. The van der Waals surface area contributed by atoms with E-state index in [1.165, 1.54) is 11.6 Å². The Kier molecular flexibility index (Phi) is 12.9. The number of aliphatic hydroxyl groups is 2. The summed E-state index contributed by atoms with van der Waals surface area (Å²) in [6.07, 6.45) is 11.0. The van der Waals surface area contributed by atoms with Gasteiger partial charge in [0.05, 0.1) is 24.4 Å². The van der Waals surface area contributed by atoms with Crippen molar-refractivity contribution >= 4 is 6.29 Å². The molecule has 0 bridgehead atoms. The van der Waals surface area contributed by atoms with Crippen LogP contribution in [0.2, 0.25) is 0 Å². The minimum Gasteiger partial charge on any atom is -0.392 e. The lowest BCUT2D eigenvalue weighted by Crippen LogP contribution is -2.65. The van der Waals surface area contributed by atoms with Gasteiger partial charge in [-0.2, -0.15) is 0 Å². The number of carbonyl (C=O) groups is 1. The SMILES string of the molecule is C/C=C(\C)CC(C)C(O)C(C)C1OC2(CC(OC)C1C)OC(C(C)CC(C)/C=C\C=C\C=O)C(C)CC2O. The van der Waals surface area contributed by atoms with Gasteiger partial charge in [0.1, 0.15) is 12.4 Å². The van der Waals surface area contributed by atoms with Gasteiger partial charge in [0.25, 0.3) is 0 Å². The Balaban J connectivity index is 2.25. The smallest absolute Gasteiger partial charge is 0.197 e. The van der Waals surface area contributed by atoms with Crippen LogP contribution in [0.3, 0.4) is 0 Å². The topological polar surface area (TPSA) is 85.2 Å². The zero-order chi connectivity index (χ0) is 28.6. The summed E-state index contributed by atoms with van der Waals surface area (Å²) in [6, 6.07) is 0. The minimum absolute atomic E-state index is 0.0425. The molecule has 0 amide bonds. The second-order valence-electron chi connectivity index (χ2n) is 12.3. The Morgan fingerprint density at radius 1 is 1.11 bits per heavy atom. The highest BCUT2D eigenvalue weighted by molar-refractivity contribution is 5.65. The van der Waals surface area contributed by atoms with E-state index in [4.69, 9.17) is 14.2 Å². The Bertz CT molecular complexity index is 821. The number of aliphatic hydroxyl groups excluding tert-OH is 2. The molecule has 2 fully saturated rings. The van der Waals surface area contributed by atoms with Crippen molar-refractivity contribution in [1.29, 1.82) is 0 Å². The highest BCUT2D eigenvalue weighted by Gasteiger charge is 2.57. The maximum absolute atomic E-state index is 11.4. The largest absolute Gasteiger partial charge is 0.392 e. The van der Waals surface area contributed by atoms with Crippen molar-refractivity contribution in [2.75, 3.05) is 7.11 Å². The summed E-state index contributed by atoms with van der Waals surface area (Å²) in [5.41, 5.74) is 1.26. The van der Waals surface area contributed by atoms with Crippen molar-refractivity contribution in [1.82, 2.24) is 0 Å². The molecule has 2 aliphatic rings. The zero-order valence-electron chi connectivity index (χ0n) is 25.2. The van der Waals surface area contributed by atoms with Crippen molar-refractivity contribution in [2.45, 2.75) is 117 Å². The normalized spacial score (nSPS) is 36.9. The van der Waals surface area contributed by atoms with Crippen LogP contribution in [0.15, 0.2) is 36.0 Å². The quantitative estimate of drug-likeness (QED) is 0.141. The second kappa shape index (κ2) is 14.9. The molecule has 38 heavy (non-hydrogen) atoms. The van der Waals surface area contributed by atoms with E-state index in [-0.39, 0.29) is 47.9 Å². The Labute approximate surface area is 231 Å². The van der Waals surface area contributed by atoms with Crippen molar-refractivity contribution in [3.63, 3.8) is 0 Å². The Morgan fingerprint density at radius 3 is 2.37 bits per heavy atom. The molecule has 2 heterocycles. The van der Waals surface area contributed by atoms with E-state index in [0.29, 0.717) is 18.8 Å². The Hall–Kier alpha value is -1.31. The number of rotatable bonds is 12. The molecule has 2 saturated heterocycles. The fourth-order valence-corrected chi connectivity index (χ4v) is 6.63. The van der Waals surface area contributed by atoms with E-state index in [9.17, 15) is 15.0 Å². The van der Waals surface area contributed by atoms with E-state index < -0.39 is 18.0 Å². The summed E-state index contributed by atoms with van der Waals surface area (Å²) < 4.78 is 19.5. The minimum atomic E-state index is -1.16. The van der Waals surface area contributed by atoms with Gasteiger partial charge >= 0.3 is 0 Å². The standard InChI is InChI=1S/C32H54O6/c1-10-20(2)16-22(4)29(35)26(8)31-25(7)27(36-9)19-32(38-31)28(34)18-24(6)30(37-32)23(5)17-21(3)14-12-11-13-15-33/h10-15,21-31,34-35H,16-19H2,1-9H3/b13-11+,14-12-,20-10+. The van der Waals surface area contributed by atoms with Crippen LogP contribution in [0.25, 0.3) is 0 Å². The molecule has 2 rings (SSSR count). The molecule has 12 unspecified atom stereocenters. The first-order chi connectivity index (χ1) is 17.9. The molecule has 0 radical (unpaired) electrons. The summed E-state index contributed by atoms with van der Waals surface area (Å²) in [6.45, 7) is 16.9. The first-order valence-electron chi connectivity index (χ1n) is 14.6. The van der Waals surface area contributed by atoms with E-state index in [2.05, 4.69) is 53.7 Å². The van der Waals surface area contributed by atoms with Crippen LogP contribution in [0.5, 0.6) is 0 Å². The molecule has 2 aliphatic heterocycles. The van der Waals surface area contributed by atoms with E-state index in [1.54, 1.807) is 13.2 Å². The van der Waals surface area contributed by atoms with Crippen molar-refractivity contribution in [3.05, 3.63) is 36.0 Å². The summed E-state index contributed by atoms with van der Waals surface area (Å²) in [7, 11) is 1.71. The van der Waals surface area contributed by atoms with Crippen LogP contribution in [0, 0.1) is 35.5 Å². The molecule has 6 heteroatoms. The monoisotopic (exact) mass is 534 g/mol. The molecule has 12 atom stereocenters. The van der Waals surface area contributed by atoms with Crippen LogP contribution < -0.4 is 0 Å². The van der Waals surface area contributed by atoms with Crippen molar-refractivity contribution in [3.8, 4) is 0 Å². The van der Waals surface area contributed by atoms with Gasteiger partial charge in [-0.25, -0.2) is 0 Å². The highest BCUT2D eigenvalue weighted by atomic mass is 16.7. The van der Waals surface area contributed by atoms with E-state index in [0.717, 1.165) is 19.1 Å². The summed E-state index contributed by atoms with van der Waals surface area (Å²) in [4.78, 5) is 10.5. The van der Waals surface area contributed by atoms with Gasteiger partial charge < -0.3 is 24.4 Å². The number of allylic oxidation sites excluding steroid dienone is 6. The molecular weight excluding hydrogens is 480 g/mol. The molecule has 6 nitrogen and oxygen atoms in total. The molecule has 2 N–H and O–H groups in total. The average molecular weight is 535 g/mol. The average Bonchev–Trinajstić information content (AvgIpc) is 2.88. The van der Waals surface area contributed by atoms with Gasteiger partial charge in [-0.3, -0.25) is 4.79 Å². The number of carbonyl (C=O) groups excluding carboxylic acids is 1. The zero-order valence-corrected chi connectivity index (χ0v) is 25.2. The van der Waals surface area contributed by atoms with Crippen LogP contribution in [-0.4, -0.2) is 59.9 Å².